The molecule has 0 atom stereocenters. The Bertz CT molecular complexity index is 739. The first-order chi connectivity index (χ1) is 12.2. The van der Waals surface area contributed by atoms with Crippen molar-refractivity contribution in [3.8, 4) is 0 Å². The summed E-state index contributed by atoms with van der Waals surface area (Å²) in [5.41, 5.74) is 1.09. The lowest BCUT2D eigenvalue weighted by molar-refractivity contribution is -0.121. The van der Waals surface area contributed by atoms with Crippen LogP contribution in [-0.2, 0) is 14.8 Å². The molecule has 1 fully saturated rings. The Morgan fingerprint density at radius 1 is 1.08 bits per heavy atom. The first kappa shape index (κ1) is 20.3. The summed E-state index contributed by atoms with van der Waals surface area (Å²) < 4.78 is 26.9. The molecule has 0 aliphatic carbocycles. The Labute approximate surface area is 154 Å². The van der Waals surface area contributed by atoms with Gasteiger partial charge >= 0.3 is 6.03 Å². The number of urea groups is 1. The molecule has 144 valence electrons. The molecule has 1 saturated heterocycles. The van der Waals surface area contributed by atoms with E-state index in [1.165, 1.54) is 11.4 Å². The zero-order valence-electron chi connectivity index (χ0n) is 15.4. The third-order valence-corrected chi connectivity index (χ3v) is 6.28. The Hall–Kier alpha value is -1.97. The number of hydrogen-bond acceptors (Lipinski definition) is 5. The molecule has 0 unspecified atom stereocenters. The molecule has 1 aromatic rings. The number of hydrogen-bond donors (Lipinski definition) is 2. The molecule has 1 heterocycles. The quantitative estimate of drug-likeness (QED) is 0.776. The van der Waals surface area contributed by atoms with Gasteiger partial charge < -0.3 is 5.32 Å². The fourth-order valence-corrected chi connectivity index (χ4v) is 4.16. The highest BCUT2D eigenvalue weighted by Crippen LogP contribution is 2.21. The fourth-order valence-electron chi connectivity index (χ4n) is 2.73. The second-order valence-corrected chi connectivity index (χ2v) is 8.47. The van der Waals surface area contributed by atoms with Crippen molar-refractivity contribution in [3.63, 3.8) is 0 Å². The monoisotopic (exact) mass is 382 g/mol. The second kappa shape index (κ2) is 8.61. The molecule has 0 bridgehead atoms. The predicted octanol–water partition coefficient (Wildman–Crippen LogP) is 0.572. The number of carbonyl (C=O) groups is 2. The van der Waals surface area contributed by atoms with Crippen LogP contribution in [0.1, 0.15) is 25.3 Å². The van der Waals surface area contributed by atoms with Crippen LogP contribution in [0.25, 0.3) is 0 Å². The summed E-state index contributed by atoms with van der Waals surface area (Å²) in [6.07, 6.45) is 0. The highest BCUT2D eigenvalue weighted by molar-refractivity contribution is 7.89. The molecule has 0 radical (unpaired) electrons. The average Bonchev–Trinajstić information content (AvgIpc) is 2.62. The number of piperazine rings is 1. The van der Waals surface area contributed by atoms with E-state index in [2.05, 4.69) is 24.5 Å². The molecule has 0 saturated carbocycles. The number of amides is 3. The van der Waals surface area contributed by atoms with Gasteiger partial charge in [-0.15, -0.1) is 0 Å². The Balaban J connectivity index is 1.93. The first-order valence-corrected chi connectivity index (χ1v) is 10.0. The number of nitrogens with zero attached hydrogens (tertiary/aromatic N) is 2. The van der Waals surface area contributed by atoms with Crippen LogP contribution in [-0.4, -0.2) is 69.3 Å². The van der Waals surface area contributed by atoms with Crippen LogP contribution in [0.15, 0.2) is 29.2 Å². The SMILES string of the molecule is CNC(=O)NC(=O)CN1CCN(S(=O)(=O)c2ccc(C(C)C)cc2)CC1. The molecule has 1 aliphatic heterocycles. The minimum Gasteiger partial charge on any atom is -0.341 e. The van der Waals surface area contributed by atoms with Crippen molar-refractivity contribution in [1.82, 2.24) is 19.8 Å². The van der Waals surface area contributed by atoms with E-state index in [4.69, 9.17) is 0 Å². The van der Waals surface area contributed by atoms with Gasteiger partial charge in [-0.25, -0.2) is 13.2 Å². The molecule has 2 rings (SSSR count). The van der Waals surface area contributed by atoms with E-state index in [0.29, 0.717) is 32.1 Å². The van der Waals surface area contributed by atoms with Crippen LogP contribution in [0, 0.1) is 0 Å². The molecular formula is C17H26N4O4S. The van der Waals surface area contributed by atoms with Crippen molar-refractivity contribution in [2.24, 2.45) is 0 Å². The highest BCUT2D eigenvalue weighted by Gasteiger charge is 2.29. The average molecular weight is 382 g/mol. The Kier molecular flexibility index (Phi) is 6.74. The third-order valence-electron chi connectivity index (χ3n) is 4.36. The van der Waals surface area contributed by atoms with Crippen molar-refractivity contribution < 1.29 is 18.0 Å². The first-order valence-electron chi connectivity index (χ1n) is 8.58. The van der Waals surface area contributed by atoms with Gasteiger partial charge in [0, 0.05) is 33.2 Å². The summed E-state index contributed by atoms with van der Waals surface area (Å²) in [5, 5.41) is 4.51. The number of benzene rings is 1. The smallest absolute Gasteiger partial charge is 0.321 e. The van der Waals surface area contributed by atoms with Crippen molar-refractivity contribution in [2.45, 2.75) is 24.7 Å². The summed E-state index contributed by atoms with van der Waals surface area (Å²) in [6, 6.07) is 6.43. The standard InChI is InChI=1S/C17H26N4O4S/c1-13(2)14-4-6-15(7-5-14)26(24,25)21-10-8-20(9-11-21)12-16(22)19-17(23)18-3/h4-7,13H,8-12H2,1-3H3,(H2,18,19,22,23). The van der Waals surface area contributed by atoms with Gasteiger partial charge in [-0.2, -0.15) is 4.31 Å². The lowest BCUT2D eigenvalue weighted by Gasteiger charge is -2.33. The summed E-state index contributed by atoms with van der Waals surface area (Å²) >= 11 is 0. The topological polar surface area (TPSA) is 98.8 Å². The molecule has 8 nitrogen and oxygen atoms in total. The lowest BCUT2D eigenvalue weighted by Crippen LogP contribution is -2.52. The molecule has 1 aromatic carbocycles. The zero-order chi connectivity index (χ0) is 19.3. The van der Waals surface area contributed by atoms with Gasteiger partial charge in [0.15, 0.2) is 0 Å². The van der Waals surface area contributed by atoms with Crippen molar-refractivity contribution in [3.05, 3.63) is 29.8 Å². The normalized spacial score (nSPS) is 16.5. The molecule has 26 heavy (non-hydrogen) atoms. The minimum absolute atomic E-state index is 0.0599. The van der Waals surface area contributed by atoms with Gasteiger partial charge in [0.25, 0.3) is 0 Å². The number of rotatable bonds is 5. The zero-order valence-corrected chi connectivity index (χ0v) is 16.2. The molecule has 1 aliphatic rings. The van der Waals surface area contributed by atoms with E-state index in [1.54, 1.807) is 12.1 Å². The van der Waals surface area contributed by atoms with E-state index >= 15 is 0 Å². The predicted molar refractivity (Wildman–Crippen MR) is 98.3 cm³/mol. The molecular weight excluding hydrogens is 356 g/mol. The van der Waals surface area contributed by atoms with Crippen LogP contribution in [0.5, 0.6) is 0 Å². The maximum atomic E-state index is 12.8. The van der Waals surface area contributed by atoms with Gasteiger partial charge in [0.05, 0.1) is 11.4 Å². The number of carbonyl (C=O) groups excluding carboxylic acids is 2. The summed E-state index contributed by atoms with van der Waals surface area (Å²) in [4.78, 5) is 25.0. The third kappa shape index (κ3) is 5.03. The minimum atomic E-state index is -3.54. The second-order valence-electron chi connectivity index (χ2n) is 6.53. The summed E-state index contributed by atoms with van der Waals surface area (Å²) in [5.74, 6) is -0.0684. The van der Waals surface area contributed by atoms with E-state index in [1.807, 2.05) is 17.0 Å². The van der Waals surface area contributed by atoms with Gasteiger partial charge in [0.2, 0.25) is 15.9 Å². The molecule has 3 amide bonds. The van der Waals surface area contributed by atoms with Crippen LogP contribution in [0.2, 0.25) is 0 Å². The Morgan fingerprint density at radius 3 is 2.15 bits per heavy atom. The van der Waals surface area contributed by atoms with E-state index in [-0.39, 0.29) is 11.4 Å². The fraction of sp³-hybridized carbons (Fsp3) is 0.529. The number of nitrogens with one attached hydrogen (secondary N) is 2. The summed E-state index contributed by atoms with van der Waals surface area (Å²) in [6.45, 7) is 5.66. The van der Waals surface area contributed by atoms with E-state index in [0.717, 1.165) is 5.56 Å². The molecule has 0 aromatic heterocycles. The van der Waals surface area contributed by atoms with Gasteiger partial charge in [-0.1, -0.05) is 26.0 Å². The van der Waals surface area contributed by atoms with Gasteiger partial charge in [-0.05, 0) is 23.6 Å². The lowest BCUT2D eigenvalue weighted by atomic mass is 10.0. The van der Waals surface area contributed by atoms with Crippen LogP contribution < -0.4 is 10.6 Å². The largest absolute Gasteiger partial charge is 0.341 e. The summed E-state index contributed by atoms with van der Waals surface area (Å²) in [7, 11) is -2.11. The van der Waals surface area contributed by atoms with Crippen LogP contribution >= 0.6 is 0 Å². The number of imide groups is 1. The van der Waals surface area contributed by atoms with E-state index in [9.17, 15) is 18.0 Å². The van der Waals surface area contributed by atoms with E-state index < -0.39 is 22.0 Å². The molecule has 0 spiro atoms. The van der Waals surface area contributed by atoms with Gasteiger partial charge in [0.1, 0.15) is 0 Å². The van der Waals surface area contributed by atoms with Gasteiger partial charge in [-0.3, -0.25) is 15.0 Å². The van der Waals surface area contributed by atoms with Crippen molar-refractivity contribution in [1.29, 1.82) is 0 Å². The van der Waals surface area contributed by atoms with Crippen LogP contribution in [0.4, 0.5) is 4.79 Å². The van der Waals surface area contributed by atoms with Crippen molar-refractivity contribution in [2.75, 3.05) is 39.8 Å². The molecule has 9 heteroatoms. The number of sulfonamides is 1. The Morgan fingerprint density at radius 2 is 1.65 bits per heavy atom. The maximum Gasteiger partial charge on any atom is 0.321 e. The highest BCUT2D eigenvalue weighted by atomic mass is 32.2. The maximum absolute atomic E-state index is 12.8. The molecule has 2 N–H and O–H groups in total. The van der Waals surface area contributed by atoms with Crippen LogP contribution in [0.3, 0.4) is 0 Å². The van der Waals surface area contributed by atoms with Crippen molar-refractivity contribution >= 4 is 22.0 Å².